The Labute approximate surface area is 130 Å². The molecule has 1 aliphatic carbocycles. The highest BCUT2D eigenvalue weighted by atomic mass is 16.5. The highest BCUT2D eigenvalue weighted by Crippen LogP contribution is 2.20. The van der Waals surface area contributed by atoms with Crippen LogP contribution in [0.5, 0.6) is 0 Å². The second-order valence-corrected chi connectivity index (χ2v) is 6.26. The minimum absolute atomic E-state index is 0.103. The fraction of sp³-hybridized carbons (Fsp3) is 0.647. The lowest BCUT2D eigenvalue weighted by atomic mass is 10.1. The molecule has 0 bridgehead atoms. The SMILES string of the molecule is CCCO[C@@H]1CCCN(C(=O)c2cc3c([nH]c2=O)CCC3)C1. The first-order chi connectivity index (χ1) is 10.7. The topological polar surface area (TPSA) is 62.4 Å². The van der Waals surface area contributed by atoms with E-state index in [1.54, 1.807) is 11.0 Å². The van der Waals surface area contributed by atoms with Crippen LogP contribution in [0.2, 0.25) is 0 Å². The number of fused-ring (bicyclic) bond motifs is 1. The summed E-state index contributed by atoms with van der Waals surface area (Å²) in [4.78, 5) is 29.5. The molecule has 120 valence electrons. The molecule has 1 atom stereocenters. The van der Waals surface area contributed by atoms with Gasteiger partial charge in [-0.3, -0.25) is 9.59 Å². The Morgan fingerprint density at radius 2 is 2.27 bits per heavy atom. The molecular weight excluding hydrogens is 280 g/mol. The second-order valence-electron chi connectivity index (χ2n) is 6.26. The number of amides is 1. The number of aromatic nitrogens is 1. The van der Waals surface area contributed by atoms with Gasteiger partial charge in [0, 0.05) is 25.4 Å². The number of carbonyl (C=O) groups excluding carboxylic acids is 1. The predicted octanol–water partition coefficient (Wildman–Crippen LogP) is 1.89. The van der Waals surface area contributed by atoms with Crippen molar-refractivity contribution in [1.29, 1.82) is 0 Å². The standard InChI is InChI=1S/C17H24N2O3/c1-2-9-22-13-6-4-8-19(11-13)17(21)14-10-12-5-3-7-15(12)18-16(14)20/h10,13H,2-9,11H2,1H3,(H,18,20)/t13-/m1/s1. The number of nitrogens with one attached hydrogen (secondary N) is 1. The number of rotatable bonds is 4. The highest BCUT2D eigenvalue weighted by molar-refractivity contribution is 5.94. The lowest BCUT2D eigenvalue weighted by Gasteiger charge is -2.32. The Bertz CT molecular complexity index is 608. The third kappa shape index (κ3) is 3.09. The summed E-state index contributed by atoms with van der Waals surface area (Å²) in [5.41, 5.74) is 2.17. The van der Waals surface area contributed by atoms with Gasteiger partial charge in [-0.05, 0) is 50.2 Å². The third-order valence-electron chi connectivity index (χ3n) is 4.54. The van der Waals surface area contributed by atoms with Crippen LogP contribution >= 0.6 is 0 Å². The Morgan fingerprint density at radius 1 is 1.41 bits per heavy atom. The van der Waals surface area contributed by atoms with E-state index in [4.69, 9.17) is 4.74 Å². The van der Waals surface area contributed by atoms with Crippen LogP contribution in [0.4, 0.5) is 0 Å². The van der Waals surface area contributed by atoms with Gasteiger partial charge in [0.05, 0.1) is 6.10 Å². The van der Waals surface area contributed by atoms with Crippen molar-refractivity contribution in [2.45, 2.75) is 51.6 Å². The molecule has 0 saturated carbocycles. The van der Waals surface area contributed by atoms with Gasteiger partial charge in [0.15, 0.2) is 0 Å². The lowest BCUT2D eigenvalue weighted by molar-refractivity contribution is 0.00205. The molecule has 5 heteroatoms. The summed E-state index contributed by atoms with van der Waals surface area (Å²) in [7, 11) is 0. The van der Waals surface area contributed by atoms with Gasteiger partial charge in [-0.25, -0.2) is 0 Å². The summed E-state index contributed by atoms with van der Waals surface area (Å²) in [6.45, 7) is 4.11. The van der Waals surface area contributed by atoms with Gasteiger partial charge in [0.1, 0.15) is 5.56 Å². The minimum Gasteiger partial charge on any atom is -0.376 e. The zero-order valence-electron chi connectivity index (χ0n) is 13.2. The number of hydrogen-bond donors (Lipinski definition) is 1. The first-order valence-electron chi connectivity index (χ1n) is 8.35. The second kappa shape index (κ2) is 6.65. The van der Waals surface area contributed by atoms with Crippen molar-refractivity contribution in [3.8, 4) is 0 Å². The molecule has 22 heavy (non-hydrogen) atoms. The van der Waals surface area contributed by atoms with Crippen molar-refractivity contribution >= 4 is 5.91 Å². The van der Waals surface area contributed by atoms with Gasteiger partial charge in [-0.1, -0.05) is 6.92 Å². The molecule has 0 unspecified atom stereocenters. The molecule has 1 amide bonds. The number of ether oxygens (including phenoxy) is 1. The van der Waals surface area contributed by atoms with Gasteiger partial charge in [-0.15, -0.1) is 0 Å². The van der Waals surface area contributed by atoms with Crippen LogP contribution in [-0.2, 0) is 17.6 Å². The van der Waals surface area contributed by atoms with E-state index in [0.29, 0.717) is 13.1 Å². The van der Waals surface area contributed by atoms with Gasteiger partial charge in [-0.2, -0.15) is 0 Å². The Morgan fingerprint density at radius 3 is 3.09 bits per heavy atom. The largest absolute Gasteiger partial charge is 0.376 e. The smallest absolute Gasteiger partial charge is 0.261 e. The van der Waals surface area contributed by atoms with E-state index in [9.17, 15) is 9.59 Å². The van der Waals surface area contributed by atoms with E-state index in [1.165, 1.54) is 0 Å². The summed E-state index contributed by atoms with van der Waals surface area (Å²) < 4.78 is 5.77. The summed E-state index contributed by atoms with van der Waals surface area (Å²) in [6.07, 6.45) is 5.93. The summed E-state index contributed by atoms with van der Waals surface area (Å²) in [5, 5.41) is 0. The molecule has 5 nitrogen and oxygen atoms in total. The molecule has 1 N–H and O–H groups in total. The molecule has 0 aromatic carbocycles. The Balaban J connectivity index is 1.75. The van der Waals surface area contributed by atoms with E-state index in [2.05, 4.69) is 11.9 Å². The maximum absolute atomic E-state index is 12.7. The van der Waals surface area contributed by atoms with Crippen molar-refractivity contribution in [2.24, 2.45) is 0 Å². The summed E-state index contributed by atoms with van der Waals surface area (Å²) in [5.74, 6) is -0.152. The molecule has 1 aromatic heterocycles. The zero-order valence-corrected chi connectivity index (χ0v) is 13.2. The van der Waals surface area contributed by atoms with Crippen LogP contribution in [0, 0.1) is 0 Å². The number of aromatic amines is 1. The minimum atomic E-state index is -0.248. The van der Waals surface area contributed by atoms with Crippen LogP contribution in [0.25, 0.3) is 0 Å². The van der Waals surface area contributed by atoms with Crippen molar-refractivity contribution in [3.05, 3.63) is 33.2 Å². The van der Waals surface area contributed by atoms with Crippen LogP contribution in [-0.4, -0.2) is 41.6 Å². The van der Waals surface area contributed by atoms with Crippen LogP contribution in [0.1, 0.15) is 54.2 Å². The fourth-order valence-corrected chi connectivity index (χ4v) is 3.39. The average Bonchev–Trinajstić information content (AvgIpc) is 2.99. The van der Waals surface area contributed by atoms with E-state index in [-0.39, 0.29) is 23.1 Å². The number of aryl methyl sites for hydroxylation is 2. The van der Waals surface area contributed by atoms with E-state index >= 15 is 0 Å². The van der Waals surface area contributed by atoms with Crippen molar-refractivity contribution < 1.29 is 9.53 Å². The first-order valence-corrected chi connectivity index (χ1v) is 8.35. The molecule has 2 aliphatic rings. The molecular formula is C17H24N2O3. The lowest BCUT2D eigenvalue weighted by Crippen LogP contribution is -2.44. The predicted molar refractivity (Wildman–Crippen MR) is 84.3 cm³/mol. The maximum atomic E-state index is 12.7. The third-order valence-corrected chi connectivity index (χ3v) is 4.54. The number of nitrogens with zero attached hydrogens (tertiary/aromatic N) is 1. The number of H-pyrrole nitrogens is 1. The summed E-state index contributed by atoms with van der Waals surface area (Å²) >= 11 is 0. The number of pyridine rings is 1. The molecule has 1 aliphatic heterocycles. The van der Waals surface area contributed by atoms with Crippen LogP contribution < -0.4 is 5.56 Å². The summed E-state index contributed by atoms with van der Waals surface area (Å²) in [6, 6.07) is 1.81. The fourth-order valence-electron chi connectivity index (χ4n) is 3.39. The van der Waals surface area contributed by atoms with E-state index in [1.807, 2.05) is 0 Å². The first kappa shape index (κ1) is 15.3. The average molecular weight is 304 g/mol. The molecule has 3 rings (SSSR count). The van der Waals surface area contributed by atoms with Crippen LogP contribution in [0.3, 0.4) is 0 Å². The Hall–Kier alpha value is -1.62. The quantitative estimate of drug-likeness (QED) is 0.924. The van der Waals surface area contributed by atoms with Gasteiger partial charge >= 0.3 is 0 Å². The maximum Gasteiger partial charge on any atom is 0.261 e. The van der Waals surface area contributed by atoms with Crippen LogP contribution in [0.15, 0.2) is 10.9 Å². The number of hydrogen-bond acceptors (Lipinski definition) is 3. The molecule has 1 aromatic rings. The number of likely N-dealkylation sites (tertiary alicyclic amines) is 1. The number of carbonyl (C=O) groups is 1. The normalized spacial score (nSPS) is 21.0. The van der Waals surface area contributed by atoms with E-state index < -0.39 is 0 Å². The molecule has 0 radical (unpaired) electrons. The van der Waals surface area contributed by atoms with Crippen molar-refractivity contribution in [3.63, 3.8) is 0 Å². The monoisotopic (exact) mass is 304 g/mol. The van der Waals surface area contributed by atoms with Gasteiger partial charge < -0.3 is 14.6 Å². The Kier molecular flexibility index (Phi) is 4.62. The van der Waals surface area contributed by atoms with E-state index in [0.717, 1.165) is 56.4 Å². The van der Waals surface area contributed by atoms with Crippen molar-refractivity contribution in [2.75, 3.05) is 19.7 Å². The van der Waals surface area contributed by atoms with Gasteiger partial charge in [0.25, 0.3) is 11.5 Å². The highest BCUT2D eigenvalue weighted by Gasteiger charge is 2.27. The number of piperidine rings is 1. The molecule has 1 saturated heterocycles. The molecule has 1 fully saturated rings. The molecule has 0 spiro atoms. The molecule has 2 heterocycles. The zero-order chi connectivity index (χ0) is 15.5. The van der Waals surface area contributed by atoms with Crippen molar-refractivity contribution in [1.82, 2.24) is 9.88 Å². The van der Waals surface area contributed by atoms with Gasteiger partial charge in [0.2, 0.25) is 0 Å².